The van der Waals surface area contributed by atoms with Crippen molar-refractivity contribution in [3.05, 3.63) is 48.7 Å². The first-order valence-electron chi connectivity index (χ1n) is 7.60. The van der Waals surface area contributed by atoms with E-state index in [9.17, 15) is 4.39 Å². The van der Waals surface area contributed by atoms with Crippen molar-refractivity contribution in [3.63, 3.8) is 0 Å². The maximum atomic E-state index is 13.8. The molecular formula is C17H18FN5. The van der Waals surface area contributed by atoms with Gasteiger partial charge in [0.2, 0.25) is 0 Å². The molecule has 0 fully saturated rings. The lowest BCUT2D eigenvalue weighted by atomic mass is 10.2. The van der Waals surface area contributed by atoms with Crippen LogP contribution in [0, 0.1) is 5.82 Å². The minimum Gasteiger partial charge on any atom is -0.357 e. The summed E-state index contributed by atoms with van der Waals surface area (Å²) in [5.41, 5.74) is 1.10. The molecule has 0 saturated carbocycles. The summed E-state index contributed by atoms with van der Waals surface area (Å²) >= 11 is 0. The Morgan fingerprint density at radius 2 is 1.87 bits per heavy atom. The average Bonchev–Trinajstić information content (AvgIpc) is 2.58. The fraction of sp³-hybridized carbons (Fsp3) is 0.235. The number of benzene rings is 1. The molecule has 0 aliphatic heterocycles. The summed E-state index contributed by atoms with van der Waals surface area (Å²) in [6.07, 6.45) is 3.10. The number of pyridine rings is 1. The zero-order valence-electron chi connectivity index (χ0n) is 13.1. The quantitative estimate of drug-likeness (QED) is 0.777. The van der Waals surface area contributed by atoms with Gasteiger partial charge in [0.05, 0.1) is 11.9 Å². The predicted molar refractivity (Wildman–Crippen MR) is 90.6 cm³/mol. The van der Waals surface area contributed by atoms with E-state index in [1.54, 1.807) is 18.3 Å². The van der Waals surface area contributed by atoms with Crippen molar-refractivity contribution in [3.8, 4) is 0 Å². The monoisotopic (exact) mass is 311 g/mol. The van der Waals surface area contributed by atoms with Crippen LogP contribution in [-0.4, -0.2) is 28.0 Å². The predicted octanol–water partition coefficient (Wildman–Crippen LogP) is 3.75. The van der Waals surface area contributed by atoms with E-state index >= 15 is 0 Å². The minimum absolute atomic E-state index is 0.303. The zero-order valence-corrected chi connectivity index (χ0v) is 13.1. The molecule has 0 spiro atoms. The third kappa shape index (κ3) is 3.06. The van der Waals surface area contributed by atoms with Crippen molar-refractivity contribution in [1.29, 1.82) is 0 Å². The number of para-hydroxylation sites is 1. The van der Waals surface area contributed by atoms with E-state index < -0.39 is 0 Å². The Morgan fingerprint density at radius 1 is 1.04 bits per heavy atom. The molecule has 5 nitrogen and oxygen atoms in total. The third-order valence-electron chi connectivity index (χ3n) is 3.71. The first kappa shape index (κ1) is 15.1. The second-order valence-corrected chi connectivity index (χ2v) is 5.06. The standard InChI is InChI=1S/C17H18FN5/c1-3-23(4-2)15-9-8-12(10-19-15)22-17-13-6-5-7-14(18)16(13)20-11-21-17/h5-11H,3-4H2,1-2H3,(H,20,21,22). The van der Waals surface area contributed by atoms with Crippen molar-refractivity contribution < 1.29 is 4.39 Å². The maximum absolute atomic E-state index is 13.8. The fourth-order valence-electron chi connectivity index (χ4n) is 2.48. The van der Waals surface area contributed by atoms with Gasteiger partial charge in [-0.2, -0.15) is 0 Å². The van der Waals surface area contributed by atoms with E-state index in [1.165, 1.54) is 12.4 Å². The van der Waals surface area contributed by atoms with E-state index in [-0.39, 0.29) is 5.82 Å². The first-order chi connectivity index (χ1) is 11.2. The highest BCUT2D eigenvalue weighted by Gasteiger charge is 2.08. The molecule has 0 aliphatic rings. The summed E-state index contributed by atoms with van der Waals surface area (Å²) in [6, 6.07) is 8.72. The van der Waals surface area contributed by atoms with Crippen molar-refractivity contribution in [2.45, 2.75) is 13.8 Å². The fourth-order valence-corrected chi connectivity index (χ4v) is 2.48. The van der Waals surface area contributed by atoms with Gasteiger partial charge in [-0.15, -0.1) is 0 Å². The molecule has 3 aromatic rings. The average molecular weight is 311 g/mol. The van der Waals surface area contributed by atoms with Crippen molar-refractivity contribution >= 4 is 28.2 Å². The summed E-state index contributed by atoms with van der Waals surface area (Å²) in [6.45, 7) is 6.01. The van der Waals surface area contributed by atoms with Gasteiger partial charge >= 0.3 is 0 Å². The molecule has 2 heterocycles. The van der Waals surface area contributed by atoms with Crippen LogP contribution in [0.1, 0.15) is 13.8 Å². The van der Waals surface area contributed by atoms with Gasteiger partial charge in [-0.05, 0) is 38.1 Å². The van der Waals surface area contributed by atoms with Gasteiger partial charge in [-0.25, -0.2) is 19.3 Å². The van der Waals surface area contributed by atoms with Gasteiger partial charge in [0.25, 0.3) is 0 Å². The summed E-state index contributed by atoms with van der Waals surface area (Å²) in [5.74, 6) is 1.13. The molecule has 118 valence electrons. The molecule has 2 aromatic heterocycles. The van der Waals surface area contributed by atoms with Crippen LogP contribution in [0.2, 0.25) is 0 Å². The van der Waals surface area contributed by atoms with Gasteiger partial charge < -0.3 is 10.2 Å². The molecule has 3 rings (SSSR count). The molecule has 1 aromatic carbocycles. The number of hydrogen-bond donors (Lipinski definition) is 1. The van der Waals surface area contributed by atoms with Crippen LogP contribution in [0.4, 0.5) is 21.7 Å². The molecule has 6 heteroatoms. The normalized spacial score (nSPS) is 10.7. The molecule has 23 heavy (non-hydrogen) atoms. The lowest BCUT2D eigenvalue weighted by Crippen LogP contribution is -2.22. The minimum atomic E-state index is -0.358. The number of hydrogen-bond acceptors (Lipinski definition) is 5. The summed E-state index contributed by atoms with van der Waals surface area (Å²) < 4.78 is 13.8. The number of fused-ring (bicyclic) bond motifs is 1. The highest BCUT2D eigenvalue weighted by Crippen LogP contribution is 2.24. The third-order valence-corrected chi connectivity index (χ3v) is 3.71. The van der Waals surface area contributed by atoms with Gasteiger partial charge in [-0.1, -0.05) is 6.07 Å². The Morgan fingerprint density at radius 3 is 2.57 bits per heavy atom. The number of rotatable bonds is 5. The number of aromatic nitrogens is 3. The molecule has 1 N–H and O–H groups in total. The topological polar surface area (TPSA) is 53.9 Å². The Bertz CT molecular complexity index is 800. The summed E-state index contributed by atoms with van der Waals surface area (Å²) in [5, 5.41) is 3.82. The summed E-state index contributed by atoms with van der Waals surface area (Å²) in [4.78, 5) is 14.8. The van der Waals surface area contributed by atoms with E-state index in [0.717, 1.165) is 24.6 Å². The molecule has 0 atom stereocenters. The lowest BCUT2D eigenvalue weighted by Gasteiger charge is -2.19. The van der Waals surface area contributed by atoms with Crippen molar-refractivity contribution in [2.24, 2.45) is 0 Å². The van der Waals surface area contributed by atoms with Crippen LogP contribution < -0.4 is 10.2 Å². The summed E-state index contributed by atoms with van der Waals surface area (Å²) in [7, 11) is 0. The second kappa shape index (κ2) is 6.56. The molecule has 0 saturated heterocycles. The van der Waals surface area contributed by atoms with Crippen LogP contribution in [0.25, 0.3) is 10.9 Å². The van der Waals surface area contributed by atoms with Crippen molar-refractivity contribution in [2.75, 3.05) is 23.3 Å². The largest absolute Gasteiger partial charge is 0.357 e. The van der Waals surface area contributed by atoms with E-state index in [1.807, 2.05) is 12.1 Å². The van der Waals surface area contributed by atoms with Crippen LogP contribution in [0.15, 0.2) is 42.9 Å². The van der Waals surface area contributed by atoms with E-state index in [0.29, 0.717) is 16.7 Å². The molecule has 0 unspecified atom stereocenters. The highest BCUT2D eigenvalue weighted by molar-refractivity contribution is 5.90. The Kier molecular flexibility index (Phi) is 4.32. The Hall–Kier alpha value is -2.76. The second-order valence-electron chi connectivity index (χ2n) is 5.06. The molecule has 0 radical (unpaired) electrons. The number of nitrogens with zero attached hydrogens (tertiary/aromatic N) is 4. The van der Waals surface area contributed by atoms with Gasteiger partial charge in [0, 0.05) is 18.5 Å². The van der Waals surface area contributed by atoms with E-state index in [4.69, 9.17) is 0 Å². The zero-order chi connectivity index (χ0) is 16.2. The van der Waals surface area contributed by atoms with Crippen LogP contribution >= 0.6 is 0 Å². The number of halogens is 1. The SMILES string of the molecule is CCN(CC)c1ccc(Nc2ncnc3c(F)cccc23)cn1. The van der Waals surface area contributed by atoms with Crippen LogP contribution in [0.3, 0.4) is 0 Å². The highest BCUT2D eigenvalue weighted by atomic mass is 19.1. The maximum Gasteiger partial charge on any atom is 0.149 e. The van der Waals surface area contributed by atoms with E-state index in [2.05, 4.69) is 39.0 Å². The number of nitrogens with one attached hydrogen (secondary N) is 1. The van der Waals surface area contributed by atoms with Gasteiger partial charge in [0.15, 0.2) is 0 Å². The number of anilines is 3. The van der Waals surface area contributed by atoms with Gasteiger partial charge in [-0.3, -0.25) is 0 Å². The first-order valence-corrected chi connectivity index (χ1v) is 7.60. The molecule has 0 amide bonds. The van der Waals surface area contributed by atoms with Gasteiger partial charge in [0.1, 0.15) is 29.3 Å². The molecular weight excluding hydrogens is 293 g/mol. The van der Waals surface area contributed by atoms with Crippen LogP contribution in [0.5, 0.6) is 0 Å². The van der Waals surface area contributed by atoms with Crippen LogP contribution in [-0.2, 0) is 0 Å². The van der Waals surface area contributed by atoms with Crippen molar-refractivity contribution in [1.82, 2.24) is 15.0 Å². The Labute approximate surface area is 134 Å². The smallest absolute Gasteiger partial charge is 0.149 e. The lowest BCUT2D eigenvalue weighted by molar-refractivity contribution is 0.636. The molecule has 0 bridgehead atoms. The Balaban J connectivity index is 1.89. The molecule has 0 aliphatic carbocycles.